The number of esters is 1. The van der Waals surface area contributed by atoms with Crippen LogP contribution in [0.4, 0.5) is 5.82 Å². The maximum Gasteiger partial charge on any atom is 0.306 e. The highest BCUT2D eigenvalue weighted by molar-refractivity contribution is 6.32. The topological polar surface area (TPSA) is 45.7 Å². The Balaban J connectivity index is 1.83. The average Bonchev–Trinajstić information content (AvgIpc) is 2.46. The van der Waals surface area contributed by atoms with Gasteiger partial charge < -0.3 is 9.64 Å². The van der Waals surface area contributed by atoms with Crippen molar-refractivity contribution < 1.29 is 9.53 Å². The number of nitrogens with zero attached hydrogens (tertiary/aromatic N) is 3. The highest BCUT2D eigenvalue weighted by atomic mass is 35.5. The van der Waals surface area contributed by atoms with Gasteiger partial charge in [-0.15, -0.1) is 0 Å². The van der Waals surface area contributed by atoms with Crippen molar-refractivity contribution in [1.82, 2.24) is 9.88 Å². The molecule has 6 heteroatoms. The summed E-state index contributed by atoms with van der Waals surface area (Å²) in [6.45, 7) is 4.31. The number of pyridine rings is 1. The van der Waals surface area contributed by atoms with E-state index in [4.69, 9.17) is 11.6 Å². The summed E-state index contributed by atoms with van der Waals surface area (Å²) < 4.78 is 4.64. The number of ether oxygens (including phenoxy) is 1. The summed E-state index contributed by atoms with van der Waals surface area (Å²) in [4.78, 5) is 19.8. The van der Waals surface area contributed by atoms with E-state index < -0.39 is 0 Å². The quantitative estimate of drug-likeness (QED) is 0.782. The van der Waals surface area contributed by atoms with Gasteiger partial charge in [0.2, 0.25) is 0 Å². The van der Waals surface area contributed by atoms with Crippen molar-refractivity contribution in [2.45, 2.75) is 6.42 Å². The van der Waals surface area contributed by atoms with Crippen molar-refractivity contribution in [3.8, 4) is 0 Å². The Morgan fingerprint density at radius 1 is 1.42 bits per heavy atom. The molecule has 0 bridgehead atoms. The van der Waals surface area contributed by atoms with Gasteiger partial charge in [-0.1, -0.05) is 11.6 Å². The van der Waals surface area contributed by atoms with Crippen LogP contribution >= 0.6 is 11.6 Å². The molecule has 1 aliphatic heterocycles. The molecule has 0 atom stereocenters. The lowest BCUT2D eigenvalue weighted by atomic mass is 10.3. The normalized spacial score (nSPS) is 16.4. The van der Waals surface area contributed by atoms with Crippen molar-refractivity contribution in [3.63, 3.8) is 0 Å². The molecule has 1 fully saturated rings. The number of carbonyl (C=O) groups excluding carboxylic acids is 1. The molecule has 0 aliphatic carbocycles. The maximum absolute atomic E-state index is 11.1. The zero-order valence-corrected chi connectivity index (χ0v) is 11.8. The maximum atomic E-state index is 11.1. The fraction of sp³-hybridized carbons (Fsp3) is 0.538. The van der Waals surface area contributed by atoms with Crippen LogP contribution in [0.3, 0.4) is 0 Å². The molecular weight excluding hydrogens is 266 g/mol. The summed E-state index contributed by atoms with van der Waals surface area (Å²) >= 11 is 6.14. The molecule has 1 saturated heterocycles. The van der Waals surface area contributed by atoms with E-state index in [0.29, 0.717) is 11.4 Å². The van der Waals surface area contributed by atoms with Crippen LogP contribution in [0, 0.1) is 0 Å². The zero-order chi connectivity index (χ0) is 13.7. The molecule has 0 saturated carbocycles. The van der Waals surface area contributed by atoms with Crippen LogP contribution < -0.4 is 4.90 Å². The Kier molecular flexibility index (Phi) is 4.99. The second-order valence-electron chi connectivity index (χ2n) is 4.46. The standard InChI is InChI=1S/C13H18ClN3O2/c1-19-12(18)4-6-16-7-9-17(10-8-16)13-11(14)3-2-5-15-13/h2-3,5H,4,6-10H2,1H3. The minimum absolute atomic E-state index is 0.157. The van der Waals surface area contributed by atoms with Crippen molar-refractivity contribution in [2.24, 2.45) is 0 Å². The second kappa shape index (κ2) is 6.73. The van der Waals surface area contributed by atoms with Crippen LogP contribution in [0.1, 0.15) is 6.42 Å². The summed E-state index contributed by atoms with van der Waals surface area (Å²) in [6.07, 6.45) is 2.20. The molecule has 0 aromatic carbocycles. The highest BCUT2D eigenvalue weighted by Crippen LogP contribution is 2.23. The smallest absolute Gasteiger partial charge is 0.306 e. The average molecular weight is 284 g/mol. The number of hydrogen-bond donors (Lipinski definition) is 0. The van der Waals surface area contributed by atoms with Gasteiger partial charge in [-0.05, 0) is 12.1 Å². The molecule has 0 spiro atoms. The van der Waals surface area contributed by atoms with Crippen molar-refractivity contribution >= 4 is 23.4 Å². The SMILES string of the molecule is COC(=O)CCN1CCN(c2ncccc2Cl)CC1. The fourth-order valence-corrected chi connectivity index (χ4v) is 2.39. The molecule has 2 rings (SSSR count). The van der Waals surface area contributed by atoms with Crippen LogP contribution in [-0.4, -0.2) is 55.7 Å². The number of hydrogen-bond acceptors (Lipinski definition) is 5. The molecule has 0 amide bonds. The molecule has 104 valence electrons. The van der Waals surface area contributed by atoms with Crippen LogP contribution in [0.2, 0.25) is 5.02 Å². The number of anilines is 1. The minimum atomic E-state index is -0.157. The predicted molar refractivity (Wildman–Crippen MR) is 74.5 cm³/mol. The van der Waals surface area contributed by atoms with Gasteiger partial charge in [-0.25, -0.2) is 4.98 Å². The van der Waals surface area contributed by atoms with Gasteiger partial charge in [-0.3, -0.25) is 9.69 Å². The molecule has 0 N–H and O–H groups in total. The Morgan fingerprint density at radius 2 is 2.16 bits per heavy atom. The molecule has 2 heterocycles. The number of rotatable bonds is 4. The summed E-state index contributed by atoms with van der Waals surface area (Å²) in [5, 5.41) is 0.686. The second-order valence-corrected chi connectivity index (χ2v) is 4.87. The molecule has 1 aliphatic rings. The molecule has 0 radical (unpaired) electrons. The van der Waals surface area contributed by atoms with Gasteiger partial charge in [0, 0.05) is 38.9 Å². The van der Waals surface area contributed by atoms with E-state index in [0.717, 1.165) is 38.5 Å². The Labute approximate surface area is 118 Å². The van der Waals surface area contributed by atoms with Gasteiger partial charge in [0.15, 0.2) is 0 Å². The molecular formula is C13H18ClN3O2. The lowest BCUT2D eigenvalue weighted by Gasteiger charge is -2.35. The van der Waals surface area contributed by atoms with E-state index in [1.165, 1.54) is 7.11 Å². The Hall–Kier alpha value is -1.33. The minimum Gasteiger partial charge on any atom is -0.469 e. The van der Waals surface area contributed by atoms with Crippen molar-refractivity contribution in [2.75, 3.05) is 44.7 Å². The predicted octanol–water partition coefficient (Wildman–Crippen LogP) is 1.42. The number of methoxy groups -OCH3 is 1. The van der Waals surface area contributed by atoms with Crippen LogP contribution in [0.15, 0.2) is 18.3 Å². The van der Waals surface area contributed by atoms with Gasteiger partial charge in [0.1, 0.15) is 5.82 Å². The molecule has 19 heavy (non-hydrogen) atoms. The Bertz CT molecular complexity index is 434. The number of aromatic nitrogens is 1. The summed E-state index contributed by atoms with van der Waals surface area (Å²) in [7, 11) is 1.42. The van der Waals surface area contributed by atoms with Crippen LogP contribution in [-0.2, 0) is 9.53 Å². The van der Waals surface area contributed by atoms with Crippen molar-refractivity contribution in [1.29, 1.82) is 0 Å². The Morgan fingerprint density at radius 3 is 2.79 bits per heavy atom. The van der Waals surface area contributed by atoms with Gasteiger partial charge in [0.05, 0.1) is 18.6 Å². The van der Waals surface area contributed by atoms with E-state index in [-0.39, 0.29) is 5.97 Å². The van der Waals surface area contributed by atoms with Gasteiger partial charge in [0.25, 0.3) is 0 Å². The third-order valence-corrected chi connectivity index (χ3v) is 3.57. The zero-order valence-electron chi connectivity index (χ0n) is 11.0. The summed E-state index contributed by atoms with van der Waals surface area (Å²) in [5.41, 5.74) is 0. The van der Waals surface area contributed by atoms with E-state index in [9.17, 15) is 4.79 Å². The monoisotopic (exact) mass is 283 g/mol. The molecule has 1 aromatic heterocycles. The lowest BCUT2D eigenvalue weighted by Crippen LogP contribution is -2.47. The van der Waals surface area contributed by atoms with E-state index in [1.807, 2.05) is 12.1 Å². The van der Waals surface area contributed by atoms with Crippen LogP contribution in [0.25, 0.3) is 0 Å². The number of piperazine rings is 1. The van der Waals surface area contributed by atoms with Crippen molar-refractivity contribution in [3.05, 3.63) is 23.4 Å². The number of carbonyl (C=O) groups is 1. The first kappa shape index (κ1) is 14.1. The largest absolute Gasteiger partial charge is 0.469 e. The number of halogens is 1. The van der Waals surface area contributed by atoms with Crippen LogP contribution in [0.5, 0.6) is 0 Å². The molecule has 5 nitrogen and oxygen atoms in total. The first-order valence-corrected chi connectivity index (χ1v) is 6.73. The molecule has 0 unspecified atom stereocenters. The third-order valence-electron chi connectivity index (χ3n) is 3.27. The first-order chi connectivity index (χ1) is 9.20. The lowest BCUT2D eigenvalue weighted by molar-refractivity contribution is -0.141. The highest BCUT2D eigenvalue weighted by Gasteiger charge is 2.19. The van der Waals surface area contributed by atoms with E-state index in [1.54, 1.807) is 6.20 Å². The van der Waals surface area contributed by atoms with Gasteiger partial charge >= 0.3 is 5.97 Å². The molecule has 1 aromatic rings. The fourth-order valence-electron chi connectivity index (χ4n) is 2.14. The first-order valence-electron chi connectivity index (χ1n) is 6.35. The van der Waals surface area contributed by atoms with E-state index >= 15 is 0 Å². The summed E-state index contributed by atoms with van der Waals surface area (Å²) in [6, 6.07) is 3.69. The summed E-state index contributed by atoms with van der Waals surface area (Å²) in [5.74, 6) is 0.687. The van der Waals surface area contributed by atoms with E-state index in [2.05, 4.69) is 19.5 Å². The van der Waals surface area contributed by atoms with Gasteiger partial charge in [-0.2, -0.15) is 0 Å². The third kappa shape index (κ3) is 3.81.